The van der Waals surface area contributed by atoms with Gasteiger partial charge in [-0.3, -0.25) is 4.79 Å². The summed E-state index contributed by atoms with van der Waals surface area (Å²) < 4.78 is 0. The minimum atomic E-state index is 0.0741. The van der Waals surface area contributed by atoms with Crippen molar-refractivity contribution in [1.82, 2.24) is 5.32 Å². The number of amides is 1. The third kappa shape index (κ3) is 4.13. The molecule has 1 amide bonds. The summed E-state index contributed by atoms with van der Waals surface area (Å²) in [6.45, 7) is 4.89. The summed E-state index contributed by atoms with van der Waals surface area (Å²) in [7, 11) is 0. The Hall–Kier alpha value is -2.29. The molecule has 0 unspecified atom stereocenters. The second kappa shape index (κ2) is 7.32. The lowest BCUT2D eigenvalue weighted by atomic mass is 10.1. The van der Waals surface area contributed by atoms with Crippen LogP contribution < -0.4 is 10.2 Å². The average Bonchev–Trinajstić information content (AvgIpc) is 3.10. The standard InChI is InChI=1S/C20H24N2O/c1-16-8-10-17(11-9-16)14-20(23)21-15-18-6-2-3-7-19(18)22-12-4-5-13-22/h2-3,6-11H,4-5,12-15H2,1H3,(H,21,23). The Kier molecular flexibility index (Phi) is 4.96. The van der Waals surface area contributed by atoms with Crippen LogP contribution in [0.15, 0.2) is 48.5 Å². The highest BCUT2D eigenvalue weighted by Gasteiger charge is 2.15. The van der Waals surface area contributed by atoms with Crippen molar-refractivity contribution in [2.45, 2.75) is 32.7 Å². The molecule has 0 radical (unpaired) electrons. The van der Waals surface area contributed by atoms with Gasteiger partial charge < -0.3 is 10.2 Å². The summed E-state index contributed by atoms with van der Waals surface area (Å²) in [5.41, 5.74) is 4.74. The van der Waals surface area contributed by atoms with Gasteiger partial charge in [0.05, 0.1) is 6.42 Å². The lowest BCUT2D eigenvalue weighted by Gasteiger charge is -2.21. The van der Waals surface area contributed by atoms with Gasteiger partial charge in [-0.1, -0.05) is 48.0 Å². The van der Waals surface area contributed by atoms with E-state index in [-0.39, 0.29) is 5.91 Å². The van der Waals surface area contributed by atoms with Crippen molar-refractivity contribution < 1.29 is 4.79 Å². The summed E-state index contributed by atoms with van der Waals surface area (Å²) >= 11 is 0. The molecule has 23 heavy (non-hydrogen) atoms. The molecule has 3 rings (SSSR count). The Morgan fingerprint density at radius 1 is 1.04 bits per heavy atom. The maximum atomic E-state index is 12.2. The molecule has 1 saturated heterocycles. The molecule has 1 heterocycles. The van der Waals surface area contributed by atoms with Crippen molar-refractivity contribution in [3.8, 4) is 0 Å². The van der Waals surface area contributed by atoms with Crippen molar-refractivity contribution in [2.75, 3.05) is 18.0 Å². The topological polar surface area (TPSA) is 32.3 Å². The molecule has 1 N–H and O–H groups in total. The van der Waals surface area contributed by atoms with Gasteiger partial charge in [0.2, 0.25) is 5.91 Å². The molecular formula is C20H24N2O. The van der Waals surface area contributed by atoms with Crippen LogP contribution in [0.1, 0.15) is 29.5 Å². The molecular weight excluding hydrogens is 284 g/mol. The largest absolute Gasteiger partial charge is 0.371 e. The van der Waals surface area contributed by atoms with Gasteiger partial charge >= 0.3 is 0 Å². The van der Waals surface area contributed by atoms with E-state index < -0.39 is 0 Å². The van der Waals surface area contributed by atoms with Crippen LogP contribution in [0.4, 0.5) is 5.69 Å². The van der Waals surface area contributed by atoms with Crippen molar-refractivity contribution in [1.29, 1.82) is 0 Å². The first-order valence-electron chi connectivity index (χ1n) is 8.37. The van der Waals surface area contributed by atoms with Crippen molar-refractivity contribution in [2.24, 2.45) is 0 Å². The van der Waals surface area contributed by atoms with Gasteiger partial charge in [0.25, 0.3) is 0 Å². The summed E-state index contributed by atoms with van der Waals surface area (Å²) in [5.74, 6) is 0.0741. The van der Waals surface area contributed by atoms with E-state index in [1.54, 1.807) is 0 Å². The number of nitrogens with one attached hydrogen (secondary N) is 1. The number of carbonyl (C=O) groups excluding carboxylic acids is 1. The second-order valence-corrected chi connectivity index (χ2v) is 6.26. The Bertz CT molecular complexity index is 658. The van der Waals surface area contributed by atoms with Crippen LogP contribution in [0.5, 0.6) is 0 Å². The summed E-state index contributed by atoms with van der Waals surface area (Å²) in [6.07, 6.45) is 2.95. The molecule has 1 aliphatic rings. The van der Waals surface area contributed by atoms with E-state index >= 15 is 0 Å². The maximum Gasteiger partial charge on any atom is 0.224 e. The number of anilines is 1. The van der Waals surface area contributed by atoms with E-state index in [0.29, 0.717) is 13.0 Å². The lowest BCUT2D eigenvalue weighted by Crippen LogP contribution is -2.26. The monoisotopic (exact) mass is 308 g/mol. The predicted octanol–water partition coefficient (Wildman–Crippen LogP) is 3.45. The van der Waals surface area contributed by atoms with E-state index in [1.165, 1.54) is 29.7 Å². The minimum Gasteiger partial charge on any atom is -0.371 e. The first kappa shape index (κ1) is 15.6. The smallest absolute Gasteiger partial charge is 0.224 e. The average molecular weight is 308 g/mol. The normalized spacial score (nSPS) is 14.0. The number of para-hydroxylation sites is 1. The lowest BCUT2D eigenvalue weighted by molar-refractivity contribution is -0.120. The molecule has 0 bridgehead atoms. The molecule has 0 aromatic heterocycles. The molecule has 1 fully saturated rings. The third-order valence-corrected chi connectivity index (χ3v) is 4.40. The van der Waals surface area contributed by atoms with Crippen LogP contribution in [-0.4, -0.2) is 19.0 Å². The minimum absolute atomic E-state index is 0.0741. The molecule has 120 valence electrons. The Morgan fingerprint density at radius 2 is 1.74 bits per heavy atom. The molecule has 2 aromatic carbocycles. The zero-order valence-corrected chi connectivity index (χ0v) is 13.7. The number of benzene rings is 2. The maximum absolute atomic E-state index is 12.2. The van der Waals surface area contributed by atoms with E-state index in [1.807, 2.05) is 30.3 Å². The number of carbonyl (C=O) groups is 1. The van der Waals surface area contributed by atoms with Crippen LogP contribution in [0.3, 0.4) is 0 Å². The van der Waals surface area contributed by atoms with Gasteiger partial charge in [-0.05, 0) is 37.0 Å². The first-order chi connectivity index (χ1) is 11.2. The second-order valence-electron chi connectivity index (χ2n) is 6.26. The molecule has 1 aliphatic heterocycles. The van der Waals surface area contributed by atoms with Gasteiger partial charge in [0.15, 0.2) is 0 Å². The number of hydrogen-bond donors (Lipinski definition) is 1. The molecule has 2 aromatic rings. The molecule has 0 saturated carbocycles. The van der Waals surface area contributed by atoms with Crippen molar-refractivity contribution in [3.63, 3.8) is 0 Å². The Morgan fingerprint density at radius 3 is 2.48 bits per heavy atom. The van der Waals surface area contributed by atoms with Crippen LogP contribution >= 0.6 is 0 Å². The SMILES string of the molecule is Cc1ccc(CC(=O)NCc2ccccc2N2CCCC2)cc1. The van der Waals surface area contributed by atoms with Crippen LogP contribution in [0, 0.1) is 6.92 Å². The summed E-state index contributed by atoms with van der Waals surface area (Å²) in [4.78, 5) is 14.6. The summed E-state index contributed by atoms with van der Waals surface area (Å²) in [5, 5.41) is 3.06. The van der Waals surface area contributed by atoms with Gasteiger partial charge in [-0.15, -0.1) is 0 Å². The number of aryl methyl sites for hydroxylation is 1. The van der Waals surface area contributed by atoms with E-state index in [0.717, 1.165) is 18.7 Å². The quantitative estimate of drug-likeness (QED) is 0.917. The van der Waals surface area contributed by atoms with Crippen molar-refractivity contribution in [3.05, 3.63) is 65.2 Å². The van der Waals surface area contributed by atoms with E-state index in [4.69, 9.17) is 0 Å². The Balaban J connectivity index is 1.59. The van der Waals surface area contributed by atoms with Crippen LogP contribution in [0.2, 0.25) is 0 Å². The fraction of sp³-hybridized carbons (Fsp3) is 0.350. The van der Waals surface area contributed by atoms with Gasteiger partial charge in [-0.25, -0.2) is 0 Å². The van der Waals surface area contributed by atoms with Gasteiger partial charge in [-0.2, -0.15) is 0 Å². The van der Waals surface area contributed by atoms with E-state index in [2.05, 4.69) is 35.3 Å². The summed E-state index contributed by atoms with van der Waals surface area (Å²) in [6, 6.07) is 16.5. The number of hydrogen-bond acceptors (Lipinski definition) is 2. The highest BCUT2D eigenvalue weighted by molar-refractivity contribution is 5.78. The fourth-order valence-electron chi connectivity index (χ4n) is 3.07. The zero-order valence-electron chi connectivity index (χ0n) is 13.7. The fourth-order valence-corrected chi connectivity index (χ4v) is 3.07. The number of nitrogens with zero attached hydrogens (tertiary/aromatic N) is 1. The highest BCUT2D eigenvalue weighted by Crippen LogP contribution is 2.24. The Labute approximate surface area is 138 Å². The van der Waals surface area contributed by atoms with Gasteiger partial charge in [0.1, 0.15) is 0 Å². The van der Waals surface area contributed by atoms with Crippen LogP contribution in [0.25, 0.3) is 0 Å². The van der Waals surface area contributed by atoms with Crippen LogP contribution in [-0.2, 0) is 17.8 Å². The molecule has 0 aliphatic carbocycles. The molecule has 0 spiro atoms. The molecule has 0 atom stereocenters. The predicted molar refractivity (Wildman–Crippen MR) is 94.6 cm³/mol. The van der Waals surface area contributed by atoms with Crippen molar-refractivity contribution >= 4 is 11.6 Å². The highest BCUT2D eigenvalue weighted by atomic mass is 16.1. The molecule has 3 nitrogen and oxygen atoms in total. The molecule has 3 heteroatoms. The third-order valence-electron chi connectivity index (χ3n) is 4.40. The van der Waals surface area contributed by atoms with Gasteiger partial charge in [0, 0.05) is 25.3 Å². The first-order valence-corrected chi connectivity index (χ1v) is 8.37. The van der Waals surface area contributed by atoms with E-state index in [9.17, 15) is 4.79 Å². The zero-order chi connectivity index (χ0) is 16.1. The number of rotatable bonds is 5.